The van der Waals surface area contributed by atoms with Gasteiger partial charge in [0, 0.05) is 6.20 Å². The molecule has 1 atom stereocenters. The van der Waals surface area contributed by atoms with Gasteiger partial charge in [-0.15, -0.1) is 0 Å². The predicted molar refractivity (Wildman–Crippen MR) is 37.5 cm³/mol. The second-order valence-corrected chi connectivity index (χ2v) is 2.29. The molecule has 0 unspecified atom stereocenters. The summed E-state index contributed by atoms with van der Waals surface area (Å²) in [5, 5.41) is 12.0. The number of alkyl halides is 2. The largest absolute Gasteiger partial charge is 0.394 e. The van der Waals surface area contributed by atoms with E-state index in [0.29, 0.717) is 4.68 Å². The van der Waals surface area contributed by atoms with Crippen molar-refractivity contribution in [2.75, 3.05) is 6.61 Å². The van der Waals surface area contributed by atoms with Gasteiger partial charge < -0.3 is 10.8 Å². The second kappa shape index (κ2) is 3.59. The lowest BCUT2D eigenvalue weighted by Gasteiger charge is -2.02. The van der Waals surface area contributed by atoms with E-state index in [4.69, 9.17) is 10.8 Å². The van der Waals surface area contributed by atoms with Crippen molar-refractivity contribution in [2.45, 2.75) is 12.6 Å². The van der Waals surface area contributed by atoms with Crippen LogP contribution in [0.1, 0.15) is 18.3 Å². The summed E-state index contributed by atoms with van der Waals surface area (Å²) < 4.78 is 24.4. The molecular weight excluding hydrogens is 168 g/mol. The van der Waals surface area contributed by atoms with Crippen LogP contribution in [0.15, 0.2) is 12.3 Å². The zero-order valence-electron chi connectivity index (χ0n) is 6.19. The fraction of sp³-hybridized carbons (Fsp3) is 0.500. The van der Waals surface area contributed by atoms with E-state index in [1.165, 1.54) is 6.07 Å². The molecule has 0 aliphatic rings. The molecule has 6 heteroatoms. The quantitative estimate of drug-likeness (QED) is 0.696. The minimum absolute atomic E-state index is 0.262. The molecule has 1 aromatic heterocycles. The summed E-state index contributed by atoms with van der Waals surface area (Å²) in [7, 11) is 0. The Morgan fingerprint density at radius 3 is 2.75 bits per heavy atom. The standard InChI is InChI=1S/C6H9F2N3O/c7-6(8)11-2-1-5(10-11)4(9)3-12/h1-2,4,6,12H,3,9H2/t4-/m0/s1. The van der Waals surface area contributed by atoms with Crippen molar-refractivity contribution in [3.63, 3.8) is 0 Å². The summed E-state index contributed by atoms with van der Waals surface area (Å²) in [6, 6.07) is 0.664. The third-order valence-electron chi connectivity index (χ3n) is 1.41. The van der Waals surface area contributed by atoms with Gasteiger partial charge in [0.25, 0.3) is 0 Å². The van der Waals surface area contributed by atoms with Crippen LogP contribution in [0.2, 0.25) is 0 Å². The van der Waals surface area contributed by atoms with E-state index in [1.54, 1.807) is 0 Å². The van der Waals surface area contributed by atoms with Gasteiger partial charge in [-0.25, -0.2) is 4.68 Å². The average molecular weight is 177 g/mol. The molecule has 0 aromatic carbocycles. The van der Waals surface area contributed by atoms with Gasteiger partial charge in [-0.05, 0) is 6.07 Å². The van der Waals surface area contributed by atoms with Crippen molar-refractivity contribution in [1.29, 1.82) is 0 Å². The van der Waals surface area contributed by atoms with E-state index < -0.39 is 12.6 Å². The smallest absolute Gasteiger partial charge is 0.333 e. The summed E-state index contributed by atoms with van der Waals surface area (Å²) >= 11 is 0. The number of nitrogens with two attached hydrogens (primary N) is 1. The normalized spacial score (nSPS) is 13.8. The maximum atomic E-state index is 11.9. The van der Waals surface area contributed by atoms with Crippen LogP contribution in [0.4, 0.5) is 8.78 Å². The summed E-state index contributed by atoms with van der Waals surface area (Å²) in [4.78, 5) is 0. The molecule has 0 aliphatic heterocycles. The molecule has 0 fully saturated rings. The van der Waals surface area contributed by atoms with Gasteiger partial charge in [-0.3, -0.25) is 0 Å². The molecule has 0 bridgehead atoms. The van der Waals surface area contributed by atoms with Crippen molar-refractivity contribution in [2.24, 2.45) is 5.73 Å². The van der Waals surface area contributed by atoms with Gasteiger partial charge >= 0.3 is 6.55 Å². The second-order valence-electron chi connectivity index (χ2n) is 2.29. The lowest BCUT2D eigenvalue weighted by molar-refractivity contribution is 0.0558. The number of aliphatic hydroxyl groups is 1. The topological polar surface area (TPSA) is 64.1 Å². The molecule has 3 N–H and O–H groups in total. The first-order valence-electron chi connectivity index (χ1n) is 3.34. The number of halogens is 2. The summed E-state index contributed by atoms with van der Waals surface area (Å²) in [5.74, 6) is 0. The number of rotatable bonds is 3. The maximum Gasteiger partial charge on any atom is 0.333 e. The maximum absolute atomic E-state index is 11.9. The summed E-state index contributed by atoms with van der Waals surface area (Å²) in [6.45, 7) is -2.97. The molecular formula is C6H9F2N3O. The highest BCUT2D eigenvalue weighted by atomic mass is 19.3. The van der Waals surface area contributed by atoms with Gasteiger partial charge in [0.05, 0.1) is 18.3 Å². The number of aliphatic hydroxyl groups excluding tert-OH is 1. The average Bonchev–Trinajstić information content (AvgIpc) is 2.51. The lowest BCUT2D eigenvalue weighted by Crippen LogP contribution is -2.15. The van der Waals surface area contributed by atoms with Crippen LogP contribution in [-0.2, 0) is 0 Å². The Morgan fingerprint density at radius 1 is 1.67 bits per heavy atom. The van der Waals surface area contributed by atoms with Crippen LogP contribution in [0.5, 0.6) is 0 Å². The first-order chi connectivity index (χ1) is 5.65. The van der Waals surface area contributed by atoms with E-state index >= 15 is 0 Å². The highest BCUT2D eigenvalue weighted by molar-refractivity contribution is 5.04. The van der Waals surface area contributed by atoms with Crippen molar-refractivity contribution in [1.82, 2.24) is 9.78 Å². The Morgan fingerprint density at radius 2 is 2.33 bits per heavy atom. The SMILES string of the molecule is N[C@@H](CO)c1ccn(C(F)F)n1. The Balaban J connectivity index is 2.77. The molecule has 68 valence electrons. The van der Waals surface area contributed by atoms with Gasteiger partial charge in [0.1, 0.15) is 0 Å². The molecule has 1 heterocycles. The first kappa shape index (κ1) is 9.08. The molecule has 0 saturated heterocycles. The third-order valence-corrected chi connectivity index (χ3v) is 1.41. The van der Waals surface area contributed by atoms with Gasteiger partial charge in [0.2, 0.25) is 0 Å². The minimum atomic E-state index is -2.66. The Labute approximate surface area is 67.6 Å². The van der Waals surface area contributed by atoms with Crippen molar-refractivity contribution < 1.29 is 13.9 Å². The number of nitrogens with zero attached hydrogens (tertiary/aromatic N) is 2. The van der Waals surface area contributed by atoms with E-state index in [1.807, 2.05) is 0 Å². The molecule has 4 nitrogen and oxygen atoms in total. The molecule has 0 spiro atoms. The Bertz CT molecular complexity index is 251. The molecule has 0 aliphatic carbocycles. The fourth-order valence-electron chi connectivity index (χ4n) is 0.753. The van der Waals surface area contributed by atoms with Crippen molar-refractivity contribution in [3.05, 3.63) is 18.0 Å². The lowest BCUT2D eigenvalue weighted by atomic mass is 10.2. The van der Waals surface area contributed by atoms with Crippen LogP contribution < -0.4 is 5.73 Å². The molecule has 0 amide bonds. The highest BCUT2D eigenvalue weighted by Crippen LogP contribution is 2.11. The summed E-state index contributed by atoms with van der Waals surface area (Å²) in [6.07, 6.45) is 1.12. The fourth-order valence-corrected chi connectivity index (χ4v) is 0.753. The molecule has 0 saturated carbocycles. The predicted octanol–water partition coefficient (Wildman–Crippen LogP) is 0.270. The zero-order valence-corrected chi connectivity index (χ0v) is 6.19. The first-order valence-corrected chi connectivity index (χ1v) is 3.34. The van der Waals surface area contributed by atoms with E-state index in [0.717, 1.165) is 6.20 Å². The van der Waals surface area contributed by atoms with Crippen molar-refractivity contribution >= 4 is 0 Å². The van der Waals surface area contributed by atoms with Crippen LogP contribution >= 0.6 is 0 Å². The molecule has 1 aromatic rings. The van der Waals surface area contributed by atoms with E-state index in [2.05, 4.69) is 5.10 Å². The van der Waals surface area contributed by atoms with Crippen LogP contribution in [-0.4, -0.2) is 21.5 Å². The number of hydrogen-bond donors (Lipinski definition) is 2. The molecule has 0 radical (unpaired) electrons. The Hall–Kier alpha value is -1.01. The van der Waals surface area contributed by atoms with Crippen molar-refractivity contribution in [3.8, 4) is 0 Å². The molecule has 12 heavy (non-hydrogen) atoms. The minimum Gasteiger partial charge on any atom is -0.394 e. The van der Waals surface area contributed by atoms with E-state index in [9.17, 15) is 8.78 Å². The van der Waals surface area contributed by atoms with Gasteiger partial charge in [0.15, 0.2) is 0 Å². The third kappa shape index (κ3) is 1.77. The monoisotopic (exact) mass is 177 g/mol. The van der Waals surface area contributed by atoms with Gasteiger partial charge in [-0.2, -0.15) is 13.9 Å². The Kier molecular flexibility index (Phi) is 2.72. The summed E-state index contributed by atoms with van der Waals surface area (Å²) in [5.41, 5.74) is 5.60. The molecule has 1 rings (SSSR count). The van der Waals surface area contributed by atoms with Crippen LogP contribution in [0, 0.1) is 0 Å². The number of aromatic nitrogens is 2. The zero-order chi connectivity index (χ0) is 9.14. The van der Waals surface area contributed by atoms with Gasteiger partial charge in [-0.1, -0.05) is 0 Å². The van der Waals surface area contributed by atoms with E-state index in [-0.39, 0.29) is 12.3 Å². The van der Waals surface area contributed by atoms with Crippen LogP contribution in [0.25, 0.3) is 0 Å². The highest BCUT2D eigenvalue weighted by Gasteiger charge is 2.11. The van der Waals surface area contributed by atoms with Crippen LogP contribution in [0.3, 0.4) is 0 Å². The number of hydrogen-bond acceptors (Lipinski definition) is 3.